The lowest BCUT2D eigenvalue weighted by atomic mass is 10.1. The van der Waals surface area contributed by atoms with Gasteiger partial charge in [0.15, 0.2) is 10.9 Å². The van der Waals surface area contributed by atoms with E-state index in [0.29, 0.717) is 40.5 Å². The topological polar surface area (TPSA) is 137 Å². The lowest BCUT2D eigenvalue weighted by Crippen LogP contribution is -2.46. The van der Waals surface area contributed by atoms with Gasteiger partial charge in [-0.3, -0.25) is 0 Å². The Balaban J connectivity index is 1.19. The number of benzene rings is 2. The van der Waals surface area contributed by atoms with Crippen molar-refractivity contribution >= 4 is 57.2 Å². The Morgan fingerprint density at radius 2 is 1.91 bits per heavy atom. The fourth-order valence-electron chi connectivity index (χ4n) is 5.27. The molecule has 12 nitrogen and oxygen atoms in total. The van der Waals surface area contributed by atoms with Crippen molar-refractivity contribution in [3.05, 3.63) is 64.1 Å². The molecule has 2 saturated heterocycles. The molecule has 2 aromatic carbocycles. The molecule has 44 heavy (non-hydrogen) atoms. The highest BCUT2D eigenvalue weighted by atomic mass is 35.5. The number of carboxylic acid groups (broad SMARTS) is 1. The van der Waals surface area contributed by atoms with E-state index in [1.807, 2.05) is 0 Å². The maximum atomic E-state index is 11.4. The van der Waals surface area contributed by atoms with Crippen molar-refractivity contribution in [1.82, 2.24) is 20.3 Å². The fourth-order valence-corrected chi connectivity index (χ4v) is 6.47. The summed E-state index contributed by atoms with van der Waals surface area (Å²) in [7, 11) is 3.23. The van der Waals surface area contributed by atoms with Gasteiger partial charge < -0.3 is 40.3 Å². The van der Waals surface area contributed by atoms with Crippen LogP contribution in [0.3, 0.4) is 0 Å². The molecule has 2 aromatic heterocycles. The molecule has 14 heteroatoms. The molecule has 0 aliphatic carbocycles. The van der Waals surface area contributed by atoms with Gasteiger partial charge in [0.1, 0.15) is 10.8 Å². The van der Waals surface area contributed by atoms with Gasteiger partial charge in [-0.1, -0.05) is 23.7 Å². The first kappa shape index (κ1) is 29.9. The summed E-state index contributed by atoms with van der Waals surface area (Å²) in [5.74, 6) is 0.0961. The summed E-state index contributed by atoms with van der Waals surface area (Å²) in [6.07, 6.45) is 0. The first-order valence-corrected chi connectivity index (χ1v) is 15.5. The van der Waals surface area contributed by atoms with Crippen molar-refractivity contribution in [2.75, 3.05) is 80.5 Å². The van der Waals surface area contributed by atoms with Crippen LogP contribution in [-0.4, -0.2) is 86.1 Å². The standard InChI is InChI=1S/C30H33ClN8O4S/c1-32-27-25(31)26(36-29(37-27)34-21-8-5-19(28(40)41)15-24(21)42-2)22-16-39(10-9-33-22)20-6-3-18(4-7-20)23-17-44-30(35-23)38-11-13-43-14-12-38/h3-8,15,17,22,33H,9-14,16H2,1-2H3,(H,40,41)(H2,32,34,36,37). The van der Waals surface area contributed by atoms with Crippen LogP contribution in [0.15, 0.2) is 47.8 Å². The van der Waals surface area contributed by atoms with Gasteiger partial charge in [-0.05, 0) is 30.3 Å². The van der Waals surface area contributed by atoms with Gasteiger partial charge in [0, 0.05) is 56.4 Å². The molecule has 0 bridgehead atoms. The number of morpholine rings is 1. The van der Waals surface area contributed by atoms with Gasteiger partial charge in [0.05, 0.1) is 49.0 Å². The maximum absolute atomic E-state index is 11.4. The van der Waals surface area contributed by atoms with Gasteiger partial charge >= 0.3 is 5.97 Å². The molecule has 0 amide bonds. The van der Waals surface area contributed by atoms with E-state index in [9.17, 15) is 9.90 Å². The maximum Gasteiger partial charge on any atom is 0.335 e. The van der Waals surface area contributed by atoms with E-state index in [-0.39, 0.29) is 11.6 Å². The first-order valence-electron chi connectivity index (χ1n) is 14.2. The molecule has 0 spiro atoms. The predicted molar refractivity (Wildman–Crippen MR) is 173 cm³/mol. The summed E-state index contributed by atoms with van der Waals surface area (Å²) in [6.45, 7) is 5.42. The highest BCUT2D eigenvalue weighted by Crippen LogP contribution is 2.35. The molecule has 6 rings (SSSR count). The van der Waals surface area contributed by atoms with Crippen molar-refractivity contribution in [3.8, 4) is 17.0 Å². The van der Waals surface area contributed by atoms with Gasteiger partial charge in [-0.25, -0.2) is 14.8 Å². The van der Waals surface area contributed by atoms with E-state index in [4.69, 9.17) is 31.0 Å². The number of aromatic carboxylic acids is 1. The third-order valence-electron chi connectivity index (χ3n) is 7.62. The van der Waals surface area contributed by atoms with Crippen molar-refractivity contribution in [1.29, 1.82) is 0 Å². The highest BCUT2D eigenvalue weighted by molar-refractivity contribution is 7.14. The molecule has 0 radical (unpaired) electrons. The minimum absolute atomic E-state index is 0.116. The summed E-state index contributed by atoms with van der Waals surface area (Å²) >= 11 is 8.46. The number of carbonyl (C=O) groups is 1. The molecule has 1 unspecified atom stereocenters. The van der Waals surface area contributed by atoms with Gasteiger partial charge in [0.25, 0.3) is 0 Å². The van der Waals surface area contributed by atoms with Crippen LogP contribution in [0.4, 0.5) is 28.3 Å². The third-order valence-corrected chi connectivity index (χ3v) is 8.89. The Morgan fingerprint density at radius 1 is 1.11 bits per heavy atom. The number of hydrogen-bond acceptors (Lipinski definition) is 12. The monoisotopic (exact) mass is 636 g/mol. The zero-order chi connectivity index (χ0) is 30.6. The fraction of sp³-hybridized carbons (Fsp3) is 0.333. The van der Waals surface area contributed by atoms with Gasteiger partial charge in [-0.15, -0.1) is 11.3 Å². The SMILES string of the molecule is CNc1nc(Nc2ccc(C(=O)O)cc2OC)nc(C2CN(c3ccc(-c4csc(N5CCOCC5)n4)cc3)CCN2)c1Cl. The van der Waals surface area contributed by atoms with Crippen LogP contribution in [0.2, 0.25) is 5.02 Å². The van der Waals surface area contributed by atoms with Crippen molar-refractivity contribution in [2.45, 2.75) is 6.04 Å². The van der Waals surface area contributed by atoms with Gasteiger partial charge in [0.2, 0.25) is 5.95 Å². The molecule has 2 aliphatic rings. The lowest BCUT2D eigenvalue weighted by molar-refractivity contribution is 0.0696. The Labute approximate surface area is 264 Å². The Hall–Kier alpha value is -4.17. The number of halogens is 1. The van der Waals surface area contributed by atoms with E-state index in [2.05, 4.69) is 60.4 Å². The minimum atomic E-state index is -1.04. The minimum Gasteiger partial charge on any atom is -0.495 e. The largest absolute Gasteiger partial charge is 0.495 e. The van der Waals surface area contributed by atoms with E-state index in [0.717, 1.165) is 61.5 Å². The second-order valence-corrected chi connectivity index (χ2v) is 11.5. The number of methoxy groups -OCH3 is 1. The number of hydrogen-bond donors (Lipinski definition) is 4. The molecule has 2 aliphatic heterocycles. The summed E-state index contributed by atoms with van der Waals surface area (Å²) in [5.41, 5.74) is 4.45. The summed E-state index contributed by atoms with van der Waals surface area (Å²) in [5, 5.41) is 22.7. The molecule has 4 heterocycles. The van der Waals surface area contributed by atoms with E-state index >= 15 is 0 Å². The number of aromatic nitrogens is 3. The quantitative estimate of drug-likeness (QED) is 0.202. The molecule has 0 saturated carbocycles. The van der Waals surface area contributed by atoms with E-state index < -0.39 is 5.97 Å². The second kappa shape index (κ2) is 13.2. The highest BCUT2D eigenvalue weighted by Gasteiger charge is 2.27. The average molecular weight is 637 g/mol. The lowest BCUT2D eigenvalue weighted by Gasteiger charge is -2.35. The van der Waals surface area contributed by atoms with Crippen LogP contribution in [0, 0.1) is 0 Å². The van der Waals surface area contributed by atoms with Crippen LogP contribution < -0.4 is 30.5 Å². The molecule has 230 valence electrons. The van der Waals surface area contributed by atoms with E-state index in [1.165, 1.54) is 19.2 Å². The Morgan fingerprint density at radius 3 is 2.64 bits per heavy atom. The average Bonchev–Trinajstić information content (AvgIpc) is 3.57. The summed E-state index contributed by atoms with van der Waals surface area (Å²) < 4.78 is 10.9. The number of piperazine rings is 1. The van der Waals surface area contributed by atoms with Crippen LogP contribution >= 0.6 is 22.9 Å². The molecule has 4 aromatic rings. The van der Waals surface area contributed by atoms with Crippen molar-refractivity contribution < 1.29 is 19.4 Å². The predicted octanol–water partition coefficient (Wildman–Crippen LogP) is 4.73. The van der Waals surface area contributed by atoms with Crippen LogP contribution in [0.1, 0.15) is 22.1 Å². The Kier molecular flexibility index (Phi) is 8.98. The van der Waals surface area contributed by atoms with Crippen molar-refractivity contribution in [2.24, 2.45) is 0 Å². The number of carboxylic acids is 1. The number of anilines is 5. The first-order chi connectivity index (χ1) is 21.4. The molecular weight excluding hydrogens is 604 g/mol. The normalized spacial score (nSPS) is 16.9. The number of ether oxygens (including phenoxy) is 2. The molecule has 2 fully saturated rings. The number of nitrogens with zero attached hydrogens (tertiary/aromatic N) is 5. The summed E-state index contributed by atoms with van der Waals surface area (Å²) in [4.78, 5) is 30.2. The van der Waals surface area contributed by atoms with Crippen molar-refractivity contribution in [3.63, 3.8) is 0 Å². The third kappa shape index (κ3) is 6.36. The smallest absolute Gasteiger partial charge is 0.335 e. The van der Waals surface area contributed by atoms with Crippen LogP contribution in [0.5, 0.6) is 5.75 Å². The number of rotatable bonds is 9. The van der Waals surface area contributed by atoms with Crippen LogP contribution in [0.25, 0.3) is 11.3 Å². The molecular formula is C30H33ClN8O4S. The Bertz CT molecular complexity index is 1630. The van der Waals surface area contributed by atoms with E-state index in [1.54, 1.807) is 24.5 Å². The molecule has 1 atom stereocenters. The zero-order valence-electron chi connectivity index (χ0n) is 24.3. The van der Waals surface area contributed by atoms with Crippen LogP contribution in [-0.2, 0) is 4.74 Å². The number of nitrogens with one attached hydrogen (secondary N) is 3. The summed E-state index contributed by atoms with van der Waals surface area (Å²) in [6, 6.07) is 12.9. The van der Waals surface area contributed by atoms with Gasteiger partial charge in [-0.2, -0.15) is 4.98 Å². The molecule has 4 N–H and O–H groups in total. The number of thiazole rings is 1. The second-order valence-electron chi connectivity index (χ2n) is 10.3. The zero-order valence-corrected chi connectivity index (χ0v) is 25.9.